The average Bonchev–Trinajstić information content (AvgIpc) is 2.67. The quantitative estimate of drug-likeness (QED) is 0.944. The van der Waals surface area contributed by atoms with E-state index < -0.39 is 0 Å². The van der Waals surface area contributed by atoms with Crippen LogP contribution in [-0.2, 0) is 7.05 Å². The second-order valence-corrected chi connectivity index (χ2v) is 5.46. The smallest absolute Gasteiger partial charge is 0.307 e. The molecular weight excluding hydrogens is 276 g/mol. The molecule has 1 heterocycles. The molecule has 0 bridgehead atoms. The number of rotatable bonds is 3. The van der Waals surface area contributed by atoms with Crippen molar-refractivity contribution in [3.63, 3.8) is 0 Å². The first kappa shape index (κ1) is 14.3. The molecule has 1 aromatic carbocycles. The van der Waals surface area contributed by atoms with Crippen LogP contribution in [0.5, 0.6) is 5.75 Å². The third-order valence-electron chi connectivity index (χ3n) is 3.10. The number of carbonyl (C=O) groups excluding carboxylic acids is 1. The van der Waals surface area contributed by atoms with Crippen molar-refractivity contribution in [1.29, 1.82) is 0 Å². The fraction of sp³-hybridized carbons (Fsp3) is 0.286. The van der Waals surface area contributed by atoms with Gasteiger partial charge in [0.2, 0.25) is 0 Å². The largest absolute Gasteiger partial charge is 0.495 e. The molecule has 2 rings (SSSR count). The van der Waals surface area contributed by atoms with Gasteiger partial charge in [-0.05, 0) is 31.5 Å². The number of carbonyl (C=O) groups is 1. The summed E-state index contributed by atoms with van der Waals surface area (Å²) >= 11 is 0.941. The summed E-state index contributed by atoms with van der Waals surface area (Å²) in [4.78, 5) is 24.1. The number of anilines is 1. The van der Waals surface area contributed by atoms with Crippen LogP contribution in [0, 0.1) is 13.8 Å². The summed E-state index contributed by atoms with van der Waals surface area (Å²) in [7, 11) is 3.20. The summed E-state index contributed by atoms with van der Waals surface area (Å²) in [6.45, 7) is 3.68. The molecular formula is C14H16N2O3S. The van der Waals surface area contributed by atoms with Crippen LogP contribution in [0.2, 0.25) is 0 Å². The highest BCUT2D eigenvalue weighted by molar-refractivity contribution is 7.11. The summed E-state index contributed by atoms with van der Waals surface area (Å²) in [5.74, 6) is 0.291. The maximum absolute atomic E-state index is 12.3. The van der Waals surface area contributed by atoms with E-state index in [2.05, 4.69) is 5.32 Å². The Kier molecular flexibility index (Phi) is 3.94. The molecule has 1 N–H and O–H groups in total. The normalized spacial score (nSPS) is 10.4. The highest BCUT2D eigenvalue weighted by Crippen LogP contribution is 2.26. The van der Waals surface area contributed by atoms with Gasteiger partial charge in [0, 0.05) is 12.7 Å². The van der Waals surface area contributed by atoms with Gasteiger partial charge in [-0.25, -0.2) is 0 Å². The van der Waals surface area contributed by atoms with Crippen LogP contribution in [0.1, 0.15) is 20.9 Å². The number of ether oxygens (including phenoxy) is 1. The predicted octanol–water partition coefficient (Wildman–Crippen LogP) is 2.32. The van der Waals surface area contributed by atoms with Crippen LogP contribution < -0.4 is 14.9 Å². The number of hydrogen-bond donors (Lipinski definition) is 1. The van der Waals surface area contributed by atoms with E-state index in [1.54, 1.807) is 27.1 Å². The van der Waals surface area contributed by atoms with Crippen molar-refractivity contribution >= 4 is 22.9 Å². The summed E-state index contributed by atoms with van der Waals surface area (Å²) < 4.78 is 6.68. The molecule has 0 atom stereocenters. The van der Waals surface area contributed by atoms with Crippen LogP contribution in [-0.4, -0.2) is 17.6 Å². The first-order chi connectivity index (χ1) is 9.43. The minimum absolute atomic E-state index is 0.149. The van der Waals surface area contributed by atoms with Gasteiger partial charge >= 0.3 is 4.87 Å². The van der Waals surface area contributed by atoms with Crippen LogP contribution in [0.25, 0.3) is 0 Å². The van der Waals surface area contributed by atoms with Gasteiger partial charge in [-0.3, -0.25) is 9.59 Å². The highest BCUT2D eigenvalue weighted by atomic mass is 32.1. The molecule has 1 amide bonds. The number of hydrogen-bond acceptors (Lipinski definition) is 4. The fourth-order valence-electron chi connectivity index (χ4n) is 1.83. The zero-order chi connectivity index (χ0) is 14.9. The van der Waals surface area contributed by atoms with Gasteiger partial charge < -0.3 is 14.6 Å². The van der Waals surface area contributed by atoms with Crippen molar-refractivity contribution in [3.05, 3.63) is 44.0 Å². The highest BCUT2D eigenvalue weighted by Gasteiger charge is 2.17. The first-order valence-corrected chi connectivity index (χ1v) is 6.88. The molecule has 106 valence electrons. The van der Waals surface area contributed by atoms with Gasteiger partial charge in [0.05, 0.1) is 12.8 Å². The lowest BCUT2D eigenvalue weighted by Gasteiger charge is -2.10. The van der Waals surface area contributed by atoms with Gasteiger partial charge in [-0.2, -0.15) is 0 Å². The van der Waals surface area contributed by atoms with Gasteiger partial charge in [-0.15, -0.1) is 0 Å². The molecule has 0 unspecified atom stereocenters. The second-order valence-electron chi connectivity index (χ2n) is 4.50. The van der Waals surface area contributed by atoms with Crippen molar-refractivity contribution in [2.75, 3.05) is 12.4 Å². The minimum Gasteiger partial charge on any atom is -0.495 e. The molecule has 0 aliphatic rings. The SMILES string of the molecule is COc1ccc(C)cc1NC(=O)c1sc(=O)n(C)c1C. The molecule has 0 saturated heterocycles. The predicted molar refractivity (Wildman–Crippen MR) is 80.0 cm³/mol. The zero-order valence-electron chi connectivity index (χ0n) is 11.8. The lowest BCUT2D eigenvalue weighted by molar-refractivity contribution is 0.102. The molecule has 0 radical (unpaired) electrons. The van der Waals surface area contributed by atoms with Crippen molar-refractivity contribution in [2.24, 2.45) is 7.05 Å². The van der Waals surface area contributed by atoms with Crippen LogP contribution >= 0.6 is 11.3 Å². The average molecular weight is 292 g/mol. The molecule has 2 aromatic rings. The Balaban J connectivity index is 2.34. The maximum atomic E-state index is 12.3. The minimum atomic E-state index is -0.297. The molecule has 6 heteroatoms. The number of benzene rings is 1. The molecule has 0 saturated carbocycles. The number of nitrogens with zero attached hydrogens (tertiary/aromatic N) is 1. The van der Waals surface area contributed by atoms with Crippen LogP contribution in [0.15, 0.2) is 23.0 Å². The number of methoxy groups -OCH3 is 1. The molecule has 5 nitrogen and oxygen atoms in total. The van der Waals surface area contributed by atoms with Crippen molar-refractivity contribution < 1.29 is 9.53 Å². The van der Waals surface area contributed by atoms with E-state index in [9.17, 15) is 9.59 Å². The number of aryl methyl sites for hydroxylation is 1. The Morgan fingerprint density at radius 1 is 1.35 bits per heavy atom. The van der Waals surface area contributed by atoms with E-state index >= 15 is 0 Å². The van der Waals surface area contributed by atoms with E-state index in [1.807, 2.05) is 19.1 Å². The van der Waals surface area contributed by atoms with Gasteiger partial charge in [0.25, 0.3) is 5.91 Å². The van der Waals surface area contributed by atoms with E-state index in [1.165, 1.54) is 4.57 Å². The van der Waals surface area contributed by atoms with Gasteiger partial charge in [0.15, 0.2) is 0 Å². The zero-order valence-corrected chi connectivity index (χ0v) is 12.6. The topological polar surface area (TPSA) is 60.3 Å². The lowest BCUT2D eigenvalue weighted by atomic mass is 10.2. The van der Waals surface area contributed by atoms with E-state index in [4.69, 9.17) is 4.74 Å². The maximum Gasteiger partial charge on any atom is 0.307 e. The van der Waals surface area contributed by atoms with E-state index in [-0.39, 0.29) is 10.8 Å². The Hall–Kier alpha value is -2.08. The molecule has 0 fully saturated rings. The molecule has 0 aliphatic carbocycles. The second kappa shape index (κ2) is 5.50. The van der Waals surface area contributed by atoms with Gasteiger partial charge in [0.1, 0.15) is 10.6 Å². The van der Waals surface area contributed by atoms with E-state index in [0.29, 0.717) is 22.0 Å². The first-order valence-electron chi connectivity index (χ1n) is 6.06. The van der Waals surface area contributed by atoms with Gasteiger partial charge in [-0.1, -0.05) is 17.4 Å². The Bertz CT molecular complexity index is 716. The molecule has 20 heavy (non-hydrogen) atoms. The van der Waals surface area contributed by atoms with Crippen molar-refractivity contribution in [2.45, 2.75) is 13.8 Å². The third kappa shape index (κ3) is 2.60. The summed E-state index contributed by atoms with van der Waals surface area (Å²) in [6, 6.07) is 5.53. The molecule has 1 aromatic heterocycles. The summed E-state index contributed by atoms with van der Waals surface area (Å²) in [5, 5.41) is 2.79. The number of amides is 1. The third-order valence-corrected chi connectivity index (χ3v) is 4.24. The van der Waals surface area contributed by atoms with Crippen molar-refractivity contribution in [3.8, 4) is 5.75 Å². The van der Waals surface area contributed by atoms with Crippen LogP contribution in [0.3, 0.4) is 0 Å². The summed E-state index contributed by atoms with van der Waals surface area (Å²) in [6.07, 6.45) is 0. The Morgan fingerprint density at radius 3 is 2.60 bits per heavy atom. The van der Waals surface area contributed by atoms with Crippen LogP contribution in [0.4, 0.5) is 5.69 Å². The molecule has 0 aliphatic heterocycles. The number of thiazole rings is 1. The van der Waals surface area contributed by atoms with Crippen molar-refractivity contribution in [1.82, 2.24) is 4.57 Å². The monoisotopic (exact) mass is 292 g/mol. The van der Waals surface area contributed by atoms with E-state index in [0.717, 1.165) is 16.9 Å². The molecule has 0 spiro atoms. The fourth-order valence-corrected chi connectivity index (χ4v) is 2.70. The lowest BCUT2D eigenvalue weighted by Crippen LogP contribution is -2.13. The number of aromatic nitrogens is 1. The standard InChI is InChI=1S/C14H16N2O3S/c1-8-5-6-11(19-4)10(7-8)15-13(17)12-9(2)16(3)14(18)20-12/h5-7H,1-4H3,(H,15,17). The Morgan fingerprint density at radius 2 is 2.05 bits per heavy atom. The summed E-state index contributed by atoms with van der Waals surface area (Å²) in [5.41, 5.74) is 2.27. The Labute approximate surface area is 120 Å². The number of nitrogens with one attached hydrogen (secondary N) is 1.